The minimum atomic E-state index is -0.404. The molecule has 0 saturated carbocycles. The minimum absolute atomic E-state index is 0.134. The maximum atomic E-state index is 12.5. The molecule has 1 atom stereocenters. The molecule has 0 aliphatic heterocycles. The molecule has 0 spiro atoms. The summed E-state index contributed by atoms with van der Waals surface area (Å²) in [5.41, 5.74) is 1.68. The molecule has 0 radical (unpaired) electrons. The molecule has 2 rings (SSSR count). The second-order valence-electron chi connectivity index (χ2n) is 7.18. The Balaban J connectivity index is 2.01. The van der Waals surface area contributed by atoms with E-state index in [1.54, 1.807) is 12.1 Å². The Morgan fingerprint density at radius 3 is 2.00 bits per heavy atom. The van der Waals surface area contributed by atoms with Gasteiger partial charge in [-0.15, -0.1) is 0 Å². The van der Waals surface area contributed by atoms with Crippen molar-refractivity contribution in [1.82, 2.24) is 10.6 Å². The van der Waals surface area contributed by atoms with E-state index in [4.69, 9.17) is 23.2 Å². The second kappa shape index (κ2) is 9.25. The average Bonchev–Trinajstić information content (AvgIpc) is 2.60. The zero-order valence-corrected chi connectivity index (χ0v) is 17.2. The first-order chi connectivity index (χ1) is 12.7. The number of carbonyl (C=O) groups is 2. The van der Waals surface area contributed by atoms with Crippen molar-refractivity contribution in [3.05, 3.63) is 69.7 Å². The highest BCUT2D eigenvalue weighted by Crippen LogP contribution is 2.24. The van der Waals surface area contributed by atoms with E-state index in [-0.39, 0.29) is 23.7 Å². The normalized spacial score (nSPS) is 12.3. The van der Waals surface area contributed by atoms with E-state index in [0.29, 0.717) is 16.6 Å². The van der Waals surface area contributed by atoms with Crippen molar-refractivity contribution in [2.75, 3.05) is 6.54 Å². The largest absolute Gasteiger partial charge is 0.355 e. The van der Waals surface area contributed by atoms with Gasteiger partial charge >= 0.3 is 0 Å². The first-order valence-electron chi connectivity index (χ1n) is 8.73. The Hall–Kier alpha value is -2.04. The van der Waals surface area contributed by atoms with Crippen LogP contribution in [0, 0.1) is 0 Å². The molecule has 0 aromatic heterocycles. The third kappa shape index (κ3) is 6.56. The van der Waals surface area contributed by atoms with Gasteiger partial charge in [-0.05, 0) is 35.4 Å². The molecule has 2 aromatic carbocycles. The number of amides is 2. The number of halogens is 2. The Bertz CT molecular complexity index is 787. The molecule has 2 N–H and O–H groups in total. The Morgan fingerprint density at radius 2 is 1.48 bits per heavy atom. The van der Waals surface area contributed by atoms with Gasteiger partial charge in [-0.3, -0.25) is 9.59 Å². The monoisotopic (exact) mass is 406 g/mol. The van der Waals surface area contributed by atoms with Gasteiger partial charge in [0.05, 0.1) is 12.5 Å². The highest BCUT2D eigenvalue weighted by atomic mass is 35.5. The van der Waals surface area contributed by atoms with Crippen LogP contribution in [-0.4, -0.2) is 18.4 Å². The molecule has 2 amide bonds. The molecule has 1 unspecified atom stereocenters. The van der Waals surface area contributed by atoms with Crippen LogP contribution >= 0.6 is 23.2 Å². The van der Waals surface area contributed by atoms with E-state index < -0.39 is 6.04 Å². The van der Waals surface area contributed by atoms with E-state index in [2.05, 4.69) is 24.5 Å². The summed E-state index contributed by atoms with van der Waals surface area (Å²) in [4.78, 5) is 24.0. The van der Waals surface area contributed by atoms with Crippen molar-refractivity contribution in [2.24, 2.45) is 0 Å². The number of rotatable bonds is 7. The standard InChI is InChI=1S/C21H24Cl2N2O2/c1-14(26)25-19(15-4-8-17(22)9-5-15)12-20(27)24-13-21(2,3)16-6-10-18(23)11-7-16/h4-11,19H,12-13H2,1-3H3,(H,24,27)(H,25,26). The number of hydrogen-bond acceptors (Lipinski definition) is 2. The zero-order valence-electron chi connectivity index (χ0n) is 15.7. The van der Waals surface area contributed by atoms with E-state index in [1.807, 2.05) is 36.4 Å². The second-order valence-corrected chi connectivity index (χ2v) is 8.05. The third-order valence-corrected chi connectivity index (χ3v) is 4.90. The van der Waals surface area contributed by atoms with Crippen LogP contribution in [-0.2, 0) is 15.0 Å². The summed E-state index contributed by atoms with van der Waals surface area (Å²) < 4.78 is 0. The van der Waals surface area contributed by atoms with Crippen LogP contribution in [0.5, 0.6) is 0 Å². The fraction of sp³-hybridized carbons (Fsp3) is 0.333. The lowest BCUT2D eigenvalue weighted by Gasteiger charge is -2.26. The predicted octanol–water partition coefficient (Wildman–Crippen LogP) is 4.65. The average molecular weight is 407 g/mol. The predicted molar refractivity (Wildman–Crippen MR) is 110 cm³/mol. The molecule has 0 aliphatic rings. The lowest BCUT2D eigenvalue weighted by molar-refractivity contribution is -0.123. The van der Waals surface area contributed by atoms with Crippen molar-refractivity contribution >= 4 is 35.0 Å². The molecule has 0 heterocycles. The van der Waals surface area contributed by atoms with E-state index in [9.17, 15) is 9.59 Å². The first kappa shape index (κ1) is 21.3. The SMILES string of the molecule is CC(=O)NC(CC(=O)NCC(C)(C)c1ccc(Cl)cc1)c1ccc(Cl)cc1. The number of benzene rings is 2. The fourth-order valence-electron chi connectivity index (χ4n) is 2.77. The number of carbonyl (C=O) groups excluding carboxylic acids is 2. The maximum absolute atomic E-state index is 12.5. The molecule has 0 aliphatic carbocycles. The quantitative estimate of drug-likeness (QED) is 0.702. The zero-order chi connectivity index (χ0) is 20.0. The van der Waals surface area contributed by atoms with Gasteiger partial charge in [-0.1, -0.05) is 61.3 Å². The summed E-state index contributed by atoms with van der Waals surface area (Å²) in [5.74, 6) is -0.324. The fourth-order valence-corrected chi connectivity index (χ4v) is 3.02. The summed E-state index contributed by atoms with van der Waals surface area (Å²) >= 11 is 11.9. The molecule has 2 aromatic rings. The van der Waals surface area contributed by atoms with Crippen LogP contribution < -0.4 is 10.6 Å². The molecule has 144 valence electrons. The summed E-state index contributed by atoms with van der Waals surface area (Å²) in [7, 11) is 0. The van der Waals surface area contributed by atoms with Gasteiger partial charge in [0.1, 0.15) is 0 Å². The van der Waals surface area contributed by atoms with Crippen LogP contribution in [0.4, 0.5) is 0 Å². The topological polar surface area (TPSA) is 58.2 Å². The smallest absolute Gasteiger partial charge is 0.222 e. The summed E-state index contributed by atoms with van der Waals surface area (Å²) in [6.07, 6.45) is 0.151. The third-order valence-electron chi connectivity index (χ3n) is 4.39. The van der Waals surface area contributed by atoms with Gasteiger partial charge in [-0.25, -0.2) is 0 Å². The highest BCUT2D eigenvalue weighted by molar-refractivity contribution is 6.30. The molecule has 0 saturated heterocycles. The van der Waals surface area contributed by atoms with Crippen molar-refractivity contribution in [3.8, 4) is 0 Å². The summed E-state index contributed by atoms with van der Waals surface area (Å²) in [6, 6.07) is 14.3. The highest BCUT2D eigenvalue weighted by Gasteiger charge is 2.23. The molecule has 0 bridgehead atoms. The Kier molecular flexibility index (Phi) is 7.28. The van der Waals surface area contributed by atoms with Gasteiger partial charge in [0.15, 0.2) is 0 Å². The summed E-state index contributed by atoms with van der Waals surface area (Å²) in [5, 5.41) is 7.08. The molecule has 0 fully saturated rings. The van der Waals surface area contributed by atoms with Crippen molar-refractivity contribution < 1.29 is 9.59 Å². The van der Waals surface area contributed by atoms with E-state index in [1.165, 1.54) is 6.92 Å². The van der Waals surface area contributed by atoms with Gasteiger partial charge in [-0.2, -0.15) is 0 Å². The first-order valence-corrected chi connectivity index (χ1v) is 9.48. The van der Waals surface area contributed by atoms with Crippen LogP contribution in [0.2, 0.25) is 10.0 Å². The van der Waals surface area contributed by atoms with Gasteiger partial charge in [0.2, 0.25) is 11.8 Å². The summed E-state index contributed by atoms with van der Waals surface area (Å²) in [6.45, 7) is 6.02. The van der Waals surface area contributed by atoms with Crippen LogP contribution in [0.3, 0.4) is 0 Å². The molecule has 6 heteroatoms. The molecular weight excluding hydrogens is 383 g/mol. The maximum Gasteiger partial charge on any atom is 0.222 e. The lowest BCUT2D eigenvalue weighted by Crippen LogP contribution is -2.39. The minimum Gasteiger partial charge on any atom is -0.355 e. The number of nitrogens with one attached hydrogen (secondary N) is 2. The van der Waals surface area contributed by atoms with Gasteiger partial charge < -0.3 is 10.6 Å². The van der Waals surface area contributed by atoms with Gasteiger partial charge in [0, 0.05) is 28.9 Å². The molecule has 27 heavy (non-hydrogen) atoms. The molecule has 4 nitrogen and oxygen atoms in total. The van der Waals surface area contributed by atoms with E-state index in [0.717, 1.165) is 11.1 Å². The van der Waals surface area contributed by atoms with Gasteiger partial charge in [0.25, 0.3) is 0 Å². The number of hydrogen-bond donors (Lipinski definition) is 2. The van der Waals surface area contributed by atoms with Crippen LogP contribution in [0.1, 0.15) is 44.4 Å². The van der Waals surface area contributed by atoms with Crippen molar-refractivity contribution in [2.45, 2.75) is 38.6 Å². The lowest BCUT2D eigenvalue weighted by atomic mass is 9.84. The molecular formula is C21H24Cl2N2O2. The van der Waals surface area contributed by atoms with Crippen LogP contribution in [0.15, 0.2) is 48.5 Å². The van der Waals surface area contributed by atoms with E-state index >= 15 is 0 Å². The van der Waals surface area contributed by atoms with Crippen LogP contribution in [0.25, 0.3) is 0 Å². The Morgan fingerprint density at radius 1 is 0.963 bits per heavy atom. The van der Waals surface area contributed by atoms with Crippen molar-refractivity contribution in [1.29, 1.82) is 0 Å². The Labute approximate surface area is 170 Å². The van der Waals surface area contributed by atoms with Crippen molar-refractivity contribution in [3.63, 3.8) is 0 Å².